The second kappa shape index (κ2) is 6.82. The summed E-state index contributed by atoms with van der Waals surface area (Å²) in [5.41, 5.74) is 3.73. The van der Waals surface area contributed by atoms with Crippen molar-refractivity contribution in [3.05, 3.63) is 41.5 Å². The zero-order chi connectivity index (χ0) is 20.4. The number of aryl methyl sites for hydroxylation is 1. The lowest BCUT2D eigenvalue weighted by molar-refractivity contribution is -0.0178. The number of nitrogens with one attached hydrogen (secondary N) is 1. The molecule has 5 nitrogen and oxygen atoms in total. The van der Waals surface area contributed by atoms with E-state index in [0.29, 0.717) is 36.5 Å². The maximum Gasteiger partial charge on any atom is 0.313 e. The summed E-state index contributed by atoms with van der Waals surface area (Å²) in [6, 6.07) is 5.85. The predicted molar refractivity (Wildman–Crippen MR) is 112 cm³/mol. The van der Waals surface area contributed by atoms with E-state index in [2.05, 4.69) is 24.9 Å². The number of aliphatic hydroxyl groups excluding tert-OH is 1. The van der Waals surface area contributed by atoms with E-state index in [1.807, 2.05) is 12.1 Å². The number of hydrogen-bond acceptors (Lipinski definition) is 5. The molecule has 3 fully saturated rings. The summed E-state index contributed by atoms with van der Waals surface area (Å²) in [5.74, 6) is 1.81. The number of benzene rings is 1. The van der Waals surface area contributed by atoms with Crippen LogP contribution in [-0.4, -0.2) is 38.0 Å². The predicted octanol–water partition coefficient (Wildman–Crippen LogP) is 3.14. The second-order valence-corrected chi connectivity index (χ2v) is 11.6. The minimum absolute atomic E-state index is 0.0395. The van der Waals surface area contributed by atoms with Crippen molar-refractivity contribution < 1.29 is 17.7 Å². The van der Waals surface area contributed by atoms with Crippen LogP contribution in [0.2, 0.25) is 0 Å². The quantitative estimate of drug-likeness (QED) is 0.584. The van der Waals surface area contributed by atoms with Crippen LogP contribution in [0.3, 0.4) is 0 Å². The molecule has 0 radical (unpaired) electrons. The molecule has 0 aromatic heterocycles. The number of hydrogen-bond donors (Lipinski definition) is 2. The highest BCUT2D eigenvalue weighted by Gasteiger charge is 2.56. The van der Waals surface area contributed by atoms with E-state index in [9.17, 15) is 13.5 Å². The lowest BCUT2D eigenvalue weighted by Crippen LogP contribution is -2.44. The molecule has 4 aliphatic rings. The first-order chi connectivity index (χ1) is 13.8. The highest BCUT2D eigenvalue weighted by atomic mass is 32.2. The van der Waals surface area contributed by atoms with Gasteiger partial charge in [0, 0.05) is 12.0 Å². The number of rotatable bonds is 3. The maximum absolute atomic E-state index is 12.5. The van der Waals surface area contributed by atoms with Gasteiger partial charge in [0.05, 0.1) is 6.10 Å². The summed E-state index contributed by atoms with van der Waals surface area (Å²) in [4.78, 5) is 0. The SMILES string of the molecule is C=C1C[C@H](O)[C@@]2(C)CC[C@@H]3c4ccc(OS(=O)(=O)C5CCNC5)cc4CC[C@H]3[C@H]12. The van der Waals surface area contributed by atoms with E-state index in [4.69, 9.17) is 4.18 Å². The van der Waals surface area contributed by atoms with Crippen LogP contribution in [0.4, 0.5) is 0 Å². The molecule has 1 aliphatic heterocycles. The van der Waals surface area contributed by atoms with Gasteiger partial charge < -0.3 is 14.6 Å². The highest BCUT2D eigenvalue weighted by Crippen LogP contribution is 2.62. The summed E-state index contributed by atoms with van der Waals surface area (Å²) in [6.45, 7) is 7.75. The fourth-order valence-electron chi connectivity index (χ4n) is 6.67. The van der Waals surface area contributed by atoms with E-state index in [1.54, 1.807) is 0 Å². The zero-order valence-corrected chi connectivity index (χ0v) is 17.9. The van der Waals surface area contributed by atoms with Gasteiger partial charge in [-0.25, -0.2) is 0 Å². The third-order valence-electron chi connectivity index (χ3n) is 8.20. The largest absolute Gasteiger partial charge is 0.392 e. The summed E-state index contributed by atoms with van der Waals surface area (Å²) >= 11 is 0. The van der Waals surface area contributed by atoms with E-state index < -0.39 is 15.4 Å². The Morgan fingerprint density at radius 3 is 2.86 bits per heavy atom. The lowest BCUT2D eigenvalue weighted by atomic mass is 9.55. The van der Waals surface area contributed by atoms with Gasteiger partial charge >= 0.3 is 10.1 Å². The summed E-state index contributed by atoms with van der Waals surface area (Å²) in [7, 11) is -3.60. The Hall–Kier alpha value is -1.37. The first-order valence-electron chi connectivity index (χ1n) is 10.9. The molecule has 2 N–H and O–H groups in total. The van der Waals surface area contributed by atoms with Gasteiger partial charge in [-0.2, -0.15) is 8.42 Å². The van der Waals surface area contributed by atoms with Gasteiger partial charge in [-0.1, -0.05) is 25.1 Å². The molecule has 6 atom stereocenters. The van der Waals surface area contributed by atoms with E-state index in [0.717, 1.165) is 38.6 Å². The molecule has 1 saturated heterocycles. The molecule has 2 saturated carbocycles. The van der Waals surface area contributed by atoms with Crippen molar-refractivity contribution >= 4 is 10.1 Å². The van der Waals surface area contributed by atoms with Crippen LogP contribution in [0.1, 0.15) is 56.1 Å². The van der Waals surface area contributed by atoms with Gasteiger partial charge in [0.1, 0.15) is 11.0 Å². The van der Waals surface area contributed by atoms with Gasteiger partial charge in [0.2, 0.25) is 0 Å². The highest BCUT2D eigenvalue weighted by molar-refractivity contribution is 7.87. The molecule has 1 heterocycles. The van der Waals surface area contributed by atoms with Crippen molar-refractivity contribution in [2.45, 2.75) is 62.7 Å². The van der Waals surface area contributed by atoms with Gasteiger partial charge in [0.25, 0.3) is 0 Å². The van der Waals surface area contributed by atoms with E-state index >= 15 is 0 Å². The summed E-state index contributed by atoms with van der Waals surface area (Å²) in [6.07, 6.45) is 5.14. The summed E-state index contributed by atoms with van der Waals surface area (Å²) in [5, 5.41) is 13.3. The van der Waals surface area contributed by atoms with Crippen molar-refractivity contribution in [3.8, 4) is 5.75 Å². The molecule has 5 rings (SSSR count). The first-order valence-corrected chi connectivity index (χ1v) is 12.4. The Balaban J connectivity index is 1.40. The fourth-order valence-corrected chi connectivity index (χ4v) is 7.91. The third kappa shape index (κ3) is 3.06. The Morgan fingerprint density at radius 2 is 2.10 bits per heavy atom. The molecule has 0 amide bonds. The van der Waals surface area contributed by atoms with Crippen LogP contribution >= 0.6 is 0 Å². The number of fused-ring (bicyclic) bond motifs is 5. The molecule has 0 bridgehead atoms. The van der Waals surface area contributed by atoms with Gasteiger partial charge in [-0.15, -0.1) is 0 Å². The molecule has 6 heteroatoms. The second-order valence-electron chi connectivity index (χ2n) is 9.76. The fraction of sp³-hybridized carbons (Fsp3) is 0.652. The minimum Gasteiger partial charge on any atom is -0.392 e. The van der Waals surface area contributed by atoms with Crippen LogP contribution in [0.15, 0.2) is 30.4 Å². The average molecular weight is 418 g/mol. The molecule has 158 valence electrons. The standard InChI is InChI=1S/C23H31NO4S/c1-14-11-21(25)23(2)9-7-19-18-6-4-16(12-15(18)3-5-20(19)22(14)23)28-29(26,27)17-8-10-24-13-17/h4,6,12,17,19-22,24-25H,1,3,5,7-11,13H2,2H3/t17?,19-,20-,21+,22+,23-/m1/s1. The van der Waals surface area contributed by atoms with E-state index in [-0.39, 0.29) is 11.5 Å². The monoisotopic (exact) mass is 417 g/mol. The Morgan fingerprint density at radius 1 is 1.28 bits per heavy atom. The molecule has 1 aromatic carbocycles. The average Bonchev–Trinajstić information content (AvgIpc) is 3.29. The van der Waals surface area contributed by atoms with Gasteiger partial charge in [0.15, 0.2) is 0 Å². The normalized spacial score (nSPS) is 39.0. The van der Waals surface area contributed by atoms with Crippen molar-refractivity contribution in [2.24, 2.45) is 17.3 Å². The Bertz CT molecular complexity index is 936. The van der Waals surface area contributed by atoms with Crippen molar-refractivity contribution in [1.82, 2.24) is 5.32 Å². The topological polar surface area (TPSA) is 75.6 Å². The van der Waals surface area contributed by atoms with Gasteiger partial charge in [-0.3, -0.25) is 0 Å². The summed E-state index contributed by atoms with van der Waals surface area (Å²) < 4.78 is 30.5. The lowest BCUT2D eigenvalue weighted by Gasteiger charge is -2.50. The van der Waals surface area contributed by atoms with Crippen LogP contribution < -0.4 is 9.50 Å². The molecule has 1 aromatic rings. The van der Waals surface area contributed by atoms with Crippen molar-refractivity contribution in [3.63, 3.8) is 0 Å². The van der Waals surface area contributed by atoms with Gasteiger partial charge in [-0.05, 0) is 86.1 Å². The minimum atomic E-state index is -3.60. The Kier molecular flexibility index (Phi) is 4.61. The molecular weight excluding hydrogens is 386 g/mol. The molecular formula is C23H31NO4S. The smallest absolute Gasteiger partial charge is 0.313 e. The van der Waals surface area contributed by atoms with Crippen LogP contribution in [-0.2, 0) is 16.5 Å². The van der Waals surface area contributed by atoms with Crippen molar-refractivity contribution in [1.29, 1.82) is 0 Å². The third-order valence-corrected chi connectivity index (χ3v) is 9.85. The van der Waals surface area contributed by atoms with Crippen molar-refractivity contribution in [2.75, 3.05) is 13.1 Å². The maximum atomic E-state index is 12.5. The zero-order valence-electron chi connectivity index (χ0n) is 17.1. The van der Waals surface area contributed by atoms with Crippen LogP contribution in [0.5, 0.6) is 5.75 Å². The molecule has 29 heavy (non-hydrogen) atoms. The molecule has 3 aliphatic carbocycles. The Labute approximate surface area is 173 Å². The van der Waals surface area contributed by atoms with E-state index in [1.165, 1.54) is 16.7 Å². The molecule has 0 spiro atoms. The molecule has 1 unspecified atom stereocenters. The van der Waals surface area contributed by atoms with Crippen LogP contribution in [0.25, 0.3) is 0 Å². The van der Waals surface area contributed by atoms with Crippen LogP contribution in [0, 0.1) is 17.3 Å². The first kappa shape index (κ1) is 19.6. The number of aliphatic hydroxyl groups is 1.